The molecule has 2 nitrogen and oxygen atoms in total. The van der Waals surface area contributed by atoms with Crippen LogP contribution in [0.2, 0.25) is 0 Å². The zero-order valence-corrected chi connectivity index (χ0v) is 7.13. The minimum Gasteiger partial charge on any atom is -0.301 e. The van der Waals surface area contributed by atoms with Crippen LogP contribution in [-0.4, -0.2) is 37.6 Å². The van der Waals surface area contributed by atoms with E-state index in [0.717, 1.165) is 19.0 Å². The third kappa shape index (κ3) is 2.46. The number of hydrogen-bond acceptors (Lipinski definition) is 1. The Kier molecular flexibility index (Phi) is 2.44. The van der Waals surface area contributed by atoms with Crippen molar-refractivity contribution in [2.24, 2.45) is 5.92 Å². The highest BCUT2D eigenvalue weighted by molar-refractivity contribution is 4.76. The predicted molar refractivity (Wildman–Crippen MR) is 45.6 cm³/mol. The highest BCUT2D eigenvalue weighted by Gasteiger charge is 2.22. The van der Waals surface area contributed by atoms with Crippen molar-refractivity contribution in [1.82, 2.24) is 10.2 Å². The molecule has 0 N–H and O–H groups in total. The molecule has 1 radical (unpaired) electrons. The number of nitrogens with zero attached hydrogens (tertiary/aromatic N) is 2. The number of rotatable bonds is 3. The molecule has 11 heavy (non-hydrogen) atoms. The lowest BCUT2D eigenvalue weighted by Crippen LogP contribution is -2.40. The first-order valence-electron chi connectivity index (χ1n) is 4.81. The van der Waals surface area contributed by atoms with Crippen molar-refractivity contribution in [2.45, 2.75) is 19.3 Å². The van der Waals surface area contributed by atoms with Crippen molar-refractivity contribution in [3.63, 3.8) is 0 Å². The highest BCUT2D eigenvalue weighted by atomic mass is 15.2. The minimum atomic E-state index is 1.07. The molecule has 2 aliphatic rings. The van der Waals surface area contributed by atoms with E-state index in [0.29, 0.717) is 0 Å². The summed E-state index contributed by atoms with van der Waals surface area (Å²) in [6.07, 6.45) is 4.44. The standard InChI is InChI=1S/C9H17N2/c1-2-9(1)3-6-11-7-4-10-5-8-11/h9H,1-8H2. The van der Waals surface area contributed by atoms with Crippen LogP contribution in [0.1, 0.15) is 19.3 Å². The molecule has 0 unspecified atom stereocenters. The first-order valence-corrected chi connectivity index (χ1v) is 4.81. The van der Waals surface area contributed by atoms with Gasteiger partial charge in [-0.2, -0.15) is 0 Å². The Labute approximate surface area is 69.0 Å². The molecule has 1 saturated carbocycles. The fraction of sp³-hybridized carbons (Fsp3) is 1.00. The predicted octanol–water partition coefficient (Wildman–Crippen LogP) is 0.706. The molecule has 2 rings (SSSR count). The maximum atomic E-state index is 4.33. The van der Waals surface area contributed by atoms with Crippen LogP contribution in [0.25, 0.3) is 0 Å². The second kappa shape index (κ2) is 3.55. The van der Waals surface area contributed by atoms with Gasteiger partial charge in [-0.15, -0.1) is 0 Å². The average molecular weight is 153 g/mol. The third-order valence-electron chi connectivity index (χ3n) is 2.70. The molecule has 0 bridgehead atoms. The van der Waals surface area contributed by atoms with Crippen molar-refractivity contribution < 1.29 is 0 Å². The van der Waals surface area contributed by atoms with Crippen molar-refractivity contribution >= 4 is 0 Å². The molecule has 0 spiro atoms. The quantitative estimate of drug-likeness (QED) is 0.583. The minimum absolute atomic E-state index is 1.07. The fourth-order valence-electron chi connectivity index (χ4n) is 1.64. The highest BCUT2D eigenvalue weighted by Crippen LogP contribution is 2.32. The average Bonchev–Trinajstić information content (AvgIpc) is 2.86. The Morgan fingerprint density at radius 3 is 2.55 bits per heavy atom. The van der Waals surface area contributed by atoms with E-state index in [2.05, 4.69) is 10.2 Å². The Balaban J connectivity index is 1.59. The zero-order chi connectivity index (χ0) is 7.52. The van der Waals surface area contributed by atoms with Crippen molar-refractivity contribution in [1.29, 1.82) is 0 Å². The van der Waals surface area contributed by atoms with Gasteiger partial charge in [0.05, 0.1) is 0 Å². The van der Waals surface area contributed by atoms with Crippen LogP contribution in [0.15, 0.2) is 0 Å². The van der Waals surface area contributed by atoms with Crippen LogP contribution in [-0.2, 0) is 0 Å². The summed E-state index contributed by atoms with van der Waals surface area (Å²) in [5.41, 5.74) is 0. The van der Waals surface area contributed by atoms with Gasteiger partial charge >= 0.3 is 0 Å². The molecule has 0 atom stereocenters. The summed E-state index contributed by atoms with van der Waals surface area (Å²) < 4.78 is 0. The van der Waals surface area contributed by atoms with Crippen LogP contribution in [0.3, 0.4) is 0 Å². The molecule has 1 heterocycles. The Hall–Kier alpha value is -0.0800. The lowest BCUT2D eigenvalue weighted by molar-refractivity contribution is 0.232. The first-order chi connectivity index (χ1) is 5.45. The molecule has 2 heteroatoms. The zero-order valence-electron chi connectivity index (χ0n) is 7.13. The Bertz CT molecular complexity index is 115. The lowest BCUT2D eigenvalue weighted by Gasteiger charge is -2.25. The van der Waals surface area contributed by atoms with Gasteiger partial charge in [-0.3, -0.25) is 0 Å². The van der Waals surface area contributed by atoms with E-state index in [1.165, 1.54) is 38.9 Å². The molecule has 0 aromatic heterocycles. The summed E-state index contributed by atoms with van der Waals surface area (Å²) >= 11 is 0. The van der Waals surface area contributed by atoms with Gasteiger partial charge in [-0.1, -0.05) is 12.8 Å². The molecule has 0 aromatic carbocycles. The van der Waals surface area contributed by atoms with Gasteiger partial charge in [0.2, 0.25) is 0 Å². The SMILES string of the molecule is C1CN(CCC2CC2)CC[N]1. The van der Waals surface area contributed by atoms with E-state index >= 15 is 0 Å². The topological polar surface area (TPSA) is 17.3 Å². The molecule has 0 aromatic rings. The Morgan fingerprint density at radius 1 is 1.18 bits per heavy atom. The summed E-state index contributed by atoms with van der Waals surface area (Å²) in [5, 5.41) is 4.33. The molecule has 63 valence electrons. The normalized spacial score (nSPS) is 27.3. The largest absolute Gasteiger partial charge is 0.301 e. The second-order valence-electron chi connectivity index (χ2n) is 3.74. The maximum Gasteiger partial charge on any atom is 0.0261 e. The van der Waals surface area contributed by atoms with Crippen molar-refractivity contribution in [3.8, 4) is 0 Å². The van der Waals surface area contributed by atoms with E-state index in [4.69, 9.17) is 0 Å². The maximum absolute atomic E-state index is 4.33. The smallest absolute Gasteiger partial charge is 0.0261 e. The van der Waals surface area contributed by atoms with E-state index in [1.807, 2.05) is 0 Å². The Morgan fingerprint density at radius 2 is 1.91 bits per heavy atom. The molecule has 1 saturated heterocycles. The third-order valence-corrected chi connectivity index (χ3v) is 2.70. The van der Waals surface area contributed by atoms with Gasteiger partial charge in [-0.25, -0.2) is 5.32 Å². The lowest BCUT2D eigenvalue weighted by atomic mass is 10.2. The van der Waals surface area contributed by atoms with Crippen LogP contribution < -0.4 is 5.32 Å². The van der Waals surface area contributed by atoms with E-state index in [9.17, 15) is 0 Å². The summed E-state index contributed by atoms with van der Waals surface area (Å²) in [6.45, 7) is 5.91. The van der Waals surface area contributed by atoms with Crippen LogP contribution in [0.4, 0.5) is 0 Å². The van der Waals surface area contributed by atoms with Crippen LogP contribution in [0, 0.1) is 5.92 Å². The summed E-state index contributed by atoms with van der Waals surface area (Å²) in [4.78, 5) is 2.56. The van der Waals surface area contributed by atoms with Gasteiger partial charge in [0.1, 0.15) is 0 Å². The van der Waals surface area contributed by atoms with Crippen LogP contribution in [0.5, 0.6) is 0 Å². The van der Waals surface area contributed by atoms with Gasteiger partial charge in [0.15, 0.2) is 0 Å². The summed E-state index contributed by atoms with van der Waals surface area (Å²) in [7, 11) is 0. The molecule has 1 aliphatic carbocycles. The molecule has 0 amide bonds. The van der Waals surface area contributed by atoms with Crippen LogP contribution >= 0.6 is 0 Å². The summed E-state index contributed by atoms with van der Waals surface area (Å²) in [6, 6.07) is 0. The van der Waals surface area contributed by atoms with E-state index in [1.54, 1.807) is 0 Å². The van der Waals surface area contributed by atoms with E-state index in [-0.39, 0.29) is 0 Å². The fourth-order valence-corrected chi connectivity index (χ4v) is 1.64. The van der Waals surface area contributed by atoms with Crippen molar-refractivity contribution in [3.05, 3.63) is 0 Å². The first kappa shape index (κ1) is 7.56. The monoisotopic (exact) mass is 153 g/mol. The molecular weight excluding hydrogens is 136 g/mol. The van der Waals surface area contributed by atoms with Gasteiger partial charge in [0, 0.05) is 26.2 Å². The van der Waals surface area contributed by atoms with E-state index < -0.39 is 0 Å². The second-order valence-corrected chi connectivity index (χ2v) is 3.74. The molecular formula is C9H17N2. The summed E-state index contributed by atoms with van der Waals surface area (Å²) in [5.74, 6) is 1.09. The number of piperazine rings is 1. The van der Waals surface area contributed by atoms with Gasteiger partial charge in [0.25, 0.3) is 0 Å². The molecule has 2 fully saturated rings. The molecule has 1 aliphatic heterocycles. The van der Waals surface area contributed by atoms with Gasteiger partial charge in [-0.05, 0) is 18.9 Å². The number of hydrogen-bond donors (Lipinski definition) is 0. The van der Waals surface area contributed by atoms with Crippen molar-refractivity contribution in [2.75, 3.05) is 32.7 Å². The van der Waals surface area contributed by atoms with Gasteiger partial charge < -0.3 is 4.90 Å².